The van der Waals surface area contributed by atoms with Gasteiger partial charge in [-0.15, -0.1) is 0 Å². The van der Waals surface area contributed by atoms with E-state index in [0.29, 0.717) is 12.1 Å². The van der Waals surface area contributed by atoms with Crippen molar-refractivity contribution in [2.75, 3.05) is 13.7 Å². The molecule has 0 bridgehead atoms. The first kappa shape index (κ1) is 11.4. The molecule has 0 radical (unpaired) electrons. The number of alkyl halides is 1. The molecule has 0 aromatic heterocycles. The minimum absolute atomic E-state index is 0.311. The number of ether oxygens (including phenoxy) is 1. The highest BCUT2D eigenvalue weighted by Gasteiger charge is 2.44. The van der Waals surface area contributed by atoms with E-state index in [1.165, 1.54) is 0 Å². The second-order valence-electron chi connectivity index (χ2n) is 4.56. The average molecular weight is 223 g/mol. The van der Waals surface area contributed by atoms with Gasteiger partial charge in [0, 0.05) is 12.0 Å². The van der Waals surface area contributed by atoms with Crippen LogP contribution in [0.2, 0.25) is 0 Å². The predicted octanol–water partition coefficient (Wildman–Crippen LogP) is 2.83. The molecule has 0 heterocycles. The Balaban J connectivity index is 2.16. The number of nitrogens with two attached hydrogens (primary N) is 1. The summed E-state index contributed by atoms with van der Waals surface area (Å²) < 4.78 is 19.4. The minimum atomic E-state index is -0.947. The van der Waals surface area contributed by atoms with Crippen LogP contribution in [0.4, 0.5) is 4.39 Å². The lowest BCUT2D eigenvalue weighted by Crippen LogP contribution is -2.41. The van der Waals surface area contributed by atoms with Crippen LogP contribution in [0.1, 0.15) is 31.0 Å². The molecule has 1 aromatic carbocycles. The van der Waals surface area contributed by atoms with Crippen LogP contribution >= 0.6 is 0 Å². The molecule has 0 amide bonds. The Morgan fingerprint density at radius 1 is 1.38 bits per heavy atom. The van der Waals surface area contributed by atoms with E-state index in [9.17, 15) is 4.39 Å². The molecule has 2 N–H and O–H groups in total. The summed E-state index contributed by atoms with van der Waals surface area (Å²) in [4.78, 5) is 0. The number of halogens is 1. The van der Waals surface area contributed by atoms with Crippen LogP contribution in [0.15, 0.2) is 24.3 Å². The Kier molecular flexibility index (Phi) is 3.15. The standard InChI is InChI=1S/C13H18FNO/c1-16-11-5-3-10(4-6-11)12(14)13(9-15)7-2-8-13/h3-6,12H,2,7-9,15H2,1H3. The number of hydrogen-bond acceptors (Lipinski definition) is 2. The highest BCUT2D eigenvalue weighted by molar-refractivity contribution is 5.30. The van der Waals surface area contributed by atoms with E-state index < -0.39 is 6.17 Å². The fourth-order valence-corrected chi connectivity index (χ4v) is 2.32. The lowest BCUT2D eigenvalue weighted by atomic mass is 9.64. The molecule has 0 saturated heterocycles. The summed E-state index contributed by atoms with van der Waals surface area (Å²) in [6.07, 6.45) is 1.94. The summed E-state index contributed by atoms with van der Waals surface area (Å²) in [6, 6.07) is 7.17. The van der Waals surface area contributed by atoms with Crippen molar-refractivity contribution in [1.29, 1.82) is 0 Å². The van der Waals surface area contributed by atoms with Crippen molar-refractivity contribution in [2.24, 2.45) is 11.1 Å². The van der Waals surface area contributed by atoms with Crippen LogP contribution in [0, 0.1) is 5.41 Å². The van der Waals surface area contributed by atoms with E-state index in [1.54, 1.807) is 31.4 Å². The predicted molar refractivity (Wildman–Crippen MR) is 62.2 cm³/mol. The third kappa shape index (κ3) is 1.80. The largest absolute Gasteiger partial charge is 0.497 e. The molecule has 1 fully saturated rings. The molecule has 1 saturated carbocycles. The quantitative estimate of drug-likeness (QED) is 0.851. The van der Waals surface area contributed by atoms with Crippen molar-refractivity contribution in [1.82, 2.24) is 0 Å². The lowest BCUT2D eigenvalue weighted by Gasteiger charge is -2.43. The van der Waals surface area contributed by atoms with Gasteiger partial charge in [-0.25, -0.2) is 4.39 Å². The first-order chi connectivity index (χ1) is 7.72. The number of methoxy groups -OCH3 is 1. The van der Waals surface area contributed by atoms with Crippen LogP contribution in [-0.4, -0.2) is 13.7 Å². The molecule has 1 aliphatic rings. The highest BCUT2D eigenvalue weighted by Crippen LogP contribution is 2.51. The second-order valence-corrected chi connectivity index (χ2v) is 4.56. The monoisotopic (exact) mass is 223 g/mol. The zero-order valence-electron chi connectivity index (χ0n) is 9.58. The van der Waals surface area contributed by atoms with Gasteiger partial charge in [-0.2, -0.15) is 0 Å². The van der Waals surface area contributed by atoms with Crippen molar-refractivity contribution in [3.8, 4) is 5.75 Å². The first-order valence-corrected chi connectivity index (χ1v) is 5.70. The van der Waals surface area contributed by atoms with Gasteiger partial charge in [-0.3, -0.25) is 0 Å². The summed E-state index contributed by atoms with van der Waals surface area (Å²) in [7, 11) is 1.61. The molecule has 0 aliphatic heterocycles. The molecule has 0 spiro atoms. The molecular formula is C13H18FNO. The molecule has 16 heavy (non-hydrogen) atoms. The SMILES string of the molecule is COc1ccc(C(F)C2(CN)CCC2)cc1. The number of benzene rings is 1. The van der Waals surface area contributed by atoms with E-state index in [2.05, 4.69) is 0 Å². The van der Waals surface area contributed by atoms with Gasteiger partial charge < -0.3 is 10.5 Å². The second kappa shape index (κ2) is 4.42. The van der Waals surface area contributed by atoms with Crippen molar-refractivity contribution in [3.05, 3.63) is 29.8 Å². The van der Waals surface area contributed by atoms with E-state index in [1.807, 2.05) is 0 Å². The molecule has 2 nitrogen and oxygen atoms in total. The molecule has 1 atom stereocenters. The first-order valence-electron chi connectivity index (χ1n) is 5.70. The maximum Gasteiger partial charge on any atom is 0.132 e. The zero-order chi connectivity index (χ0) is 11.6. The summed E-state index contributed by atoms with van der Waals surface area (Å²) in [5, 5.41) is 0. The van der Waals surface area contributed by atoms with Gasteiger partial charge in [0.15, 0.2) is 0 Å². The molecule has 1 unspecified atom stereocenters. The molecule has 1 aliphatic carbocycles. The van der Waals surface area contributed by atoms with E-state index >= 15 is 0 Å². The molecule has 1 aromatic rings. The third-order valence-corrected chi connectivity index (χ3v) is 3.70. The Morgan fingerprint density at radius 2 is 2.00 bits per heavy atom. The molecular weight excluding hydrogens is 205 g/mol. The molecule has 88 valence electrons. The summed E-state index contributed by atoms with van der Waals surface area (Å²) in [5.41, 5.74) is 6.10. The van der Waals surface area contributed by atoms with Crippen LogP contribution < -0.4 is 10.5 Å². The Morgan fingerprint density at radius 3 is 2.38 bits per heavy atom. The van der Waals surface area contributed by atoms with Crippen LogP contribution in [0.3, 0.4) is 0 Å². The van der Waals surface area contributed by atoms with Crippen LogP contribution in [0.5, 0.6) is 5.75 Å². The van der Waals surface area contributed by atoms with Gasteiger partial charge >= 0.3 is 0 Å². The fourth-order valence-electron chi connectivity index (χ4n) is 2.32. The van der Waals surface area contributed by atoms with Gasteiger partial charge in [0.05, 0.1) is 7.11 Å². The fraction of sp³-hybridized carbons (Fsp3) is 0.538. The van der Waals surface area contributed by atoms with Crippen LogP contribution in [-0.2, 0) is 0 Å². The van der Waals surface area contributed by atoms with Crippen molar-refractivity contribution < 1.29 is 9.13 Å². The van der Waals surface area contributed by atoms with Gasteiger partial charge in [0.1, 0.15) is 11.9 Å². The zero-order valence-corrected chi connectivity index (χ0v) is 9.58. The smallest absolute Gasteiger partial charge is 0.132 e. The minimum Gasteiger partial charge on any atom is -0.497 e. The summed E-state index contributed by atoms with van der Waals surface area (Å²) in [5.74, 6) is 0.756. The number of hydrogen-bond donors (Lipinski definition) is 1. The van der Waals surface area contributed by atoms with Gasteiger partial charge in [-0.1, -0.05) is 18.6 Å². The van der Waals surface area contributed by atoms with E-state index in [4.69, 9.17) is 10.5 Å². The van der Waals surface area contributed by atoms with Gasteiger partial charge in [-0.05, 0) is 30.5 Å². The van der Waals surface area contributed by atoms with Crippen molar-refractivity contribution in [2.45, 2.75) is 25.4 Å². The lowest BCUT2D eigenvalue weighted by molar-refractivity contribution is 0.0284. The highest BCUT2D eigenvalue weighted by atomic mass is 19.1. The summed E-state index contributed by atoms with van der Waals surface area (Å²) >= 11 is 0. The summed E-state index contributed by atoms with van der Waals surface area (Å²) in [6.45, 7) is 0.431. The molecule has 2 rings (SSSR count). The van der Waals surface area contributed by atoms with E-state index in [0.717, 1.165) is 25.0 Å². The third-order valence-electron chi connectivity index (χ3n) is 3.70. The van der Waals surface area contributed by atoms with Crippen LogP contribution in [0.25, 0.3) is 0 Å². The van der Waals surface area contributed by atoms with Crippen molar-refractivity contribution in [3.63, 3.8) is 0 Å². The Hall–Kier alpha value is -1.09. The topological polar surface area (TPSA) is 35.2 Å². The Bertz CT molecular complexity index is 340. The normalized spacial score (nSPS) is 19.9. The average Bonchev–Trinajstić information content (AvgIpc) is 2.28. The number of rotatable bonds is 4. The molecule has 3 heteroatoms. The van der Waals surface area contributed by atoms with E-state index in [-0.39, 0.29) is 5.41 Å². The Labute approximate surface area is 95.6 Å². The van der Waals surface area contributed by atoms with Gasteiger partial charge in [0.25, 0.3) is 0 Å². The van der Waals surface area contributed by atoms with Gasteiger partial charge in [0.2, 0.25) is 0 Å². The maximum absolute atomic E-state index is 14.4. The maximum atomic E-state index is 14.4. The van der Waals surface area contributed by atoms with Crippen molar-refractivity contribution >= 4 is 0 Å².